The van der Waals surface area contributed by atoms with Crippen LogP contribution in [0.25, 0.3) is 0 Å². The molecule has 2 N–H and O–H groups in total. The quantitative estimate of drug-likeness (QED) is 0.321. The SMILES string of the molecule is COc1ccc(N2CCN(c3nc(Nc4cc(C(C)(C)C)ccc4C)cc(C(=O)NCCN4CCCC4)n3)CC2(C)C)cc1. The predicted molar refractivity (Wildman–Crippen MR) is 180 cm³/mol. The zero-order valence-corrected chi connectivity index (χ0v) is 27.5. The molecule has 9 heteroatoms. The maximum absolute atomic E-state index is 13.4. The monoisotopic (exact) mass is 599 g/mol. The predicted octanol–water partition coefficient (Wildman–Crippen LogP) is 5.77. The third kappa shape index (κ3) is 7.44. The van der Waals surface area contributed by atoms with Crippen LogP contribution in [-0.2, 0) is 5.41 Å². The van der Waals surface area contributed by atoms with Gasteiger partial charge in [0, 0.05) is 50.2 Å². The van der Waals surface area contributed by atoms with Crippen molar-refractivity contribution in [3.8, 4) is 5.75 Å². The number of nitrogens with zero attached hydrogens (tertiary/aromatic N) is 5. The number of piperazine rings is 1. The van der Waals surface area contributed by atoms with E-state index in [1.807, 2.05) is 12.1 Å². The Morgan fingerprint density at radius 2 is 1.70 bits per heavy atom. The number of likely N-dealkylation sites (tertiary alicyclic amines) is 1. The lowest BCUT2D eigenvalue weighted by Gasteiger charge is -2.48. The second kappa shape index (κ2) is 13.0. The van der Waals surface area contributed by atoms with Crippen LogP contribution in [0, 0.1) is 6.92 Å². The van der Waals surface area contributed by atoms with Gasteiger partial charge in [0.15, 0.2) is 0 Å². The summed E-state index contributed by atoms with van der Waals surface area (Å²) in [7, 11) is 1.69. The van der Waals surface area contributed by atoms with E-state index in [1.165, 1.54) is 18.4 Å². The number of aryl methyl sites for hydroxylation is 1. The summed E-state index contributed by atoms with van der Waals surface area (Å²) in [6, 6.07) is 16.5. The molecule has 2 saturated heterocycles. The molecule has 3 heterocycles. The Balaban J connectivity index is 1.41. The van der Waals surface area contributed by atoms with E-state index in [1.54, 1.807) is 13.2 Å². The highest BCUT2D eigenvalue weighted by atomic mass is 16.5. The van der Waals surface area contributed by atoms with Crippen LogP contribution in [0.15, 0.2) is 48.5 Å². The molecule has 2 aliphatic heterocycles. The van der Waals surface area contributed by atoms with Crippen molar-refractivity contribution in [2.45, 2.75) is 65.3 Å². The summed E-state index contributed by atoms with van der Waals surface area (Å²) in [4.78, 5) is 30.3. The minimum absolute atomic E-state index is 0.0104. The Hall–Kier alpha value is -3.85. The third-order valence-electron chi connectivity index (χ3n) is 8.79. The van der Waals surface area contributed by atoms with Gasteiger partial charge in [0.1, 0.15) is 17.3 Å². The van der Waals surface area contributed by atoms with Crippen LogP contribution >= 0.6 is 0 Å². The highest BCUT2D eigenvalue weighted by Gasteiger charge is 2.35. The molecule has 2 fully saturated rings. The second-order valence-electron chi connectivity index (χ2n) is 13.7. The number of benzene rings is 2. The molecule has 0 unspecified atom stereocenters. The average Bonchev–Trinajstić information content (AvgIpc) is 3.51. The van der Waals surface area contributed by atoms with Crippen LogP contribution in [0.4, 0.5) is 23.1 Å². The fourth-order valence-corrected chi connectivity index (χ4v) is 6.11. The van der Waals surface area contributed by atoms with Crippen LogP contribution in [0.3, 0.4) is 0 Å². The van der Waals surface area contributed by atoms with Crippen LogP contribution in [-0.4, -0.2) is 79.2 Å². The van der Waals surface area contributed by atoms with Gasteiger partial charge in [-0.05, 0) is 93.6 Å². The van der Waals surface area contributed by atoms with E-state index >= 15 is 0 Å². The number of rotatable bonds is 9. The van der Waals surface area contributed by atoms with Crippen molar-refractivity contribution >= 4 is 29.0 Å². The van der Waals surface area contributed by atoms with E-state index < -0.39 is 0 Å². The summed E-state index contributed by atoms with van der Waals surface area (Å²) < 4.78 is 5.36. The Morgan fingerprint density at radius 3 is 2.36 bits per heavy atom. The third-order valence-corrected chi connectivity index (χ3v) is 8.79. The zero-order valence-electron chi connectivity index (χ0n) is 27.5. The van der Waals surface area contributed by atoms with Crippen LogP contribution in [0.1, 0.15) is 69.1 Å². The van der Waals surface area contributed by atoms with Gasteiger partial charge in [0.2, 0.25) is 5.95 Å². The summed E-state index contributed by atoms with van der Waals surface area (Å²) in [5.41, 5.74) is 4.66. The smallest absolute Gasteiger partial charge is 0.270 e. The topological polar surface area (TPSA) is 85.9 Å². The van der Waals surface area contributed by atoms with E-state index in [0.717, 1.165) is 55.4 Å². The van der Waals surface area contributed by atoms with Crippen molar-refractivity contribution in [2.24, 2.45) is 0 Å². The molecule has 0 radical (unpaired) electrons. The number of methoxy groups -OCH3 is 1. The maximum atomic E-state index is 13.4. The minimum Gasteiger partial charge on any atom is -0.497 e. The molecule has 1 amide bonds. The molecule has 9 nitrogen and oxygen atoms in total. The minimum atomic E-state index is -0.199. The number of ether oxygens (including phenoxy) is 1. The molecule has 0 saturated carbocycles. The number of carbonyl (C=O) groups is 1. The molecule has 0 bridgehead atoms. The standard InChI is InChI=1S/C35H49N7O2/c1-25-10-11-26(34(2,3)4)22-29(25)37-31-23-30(32(43)36-16-19-40-17-8-9-18-40)38-33(39-31)41-20-21-42(35(5,6)24-41)27-12-14-28(44-7)15-13-27/h10-15,22-23H,8-9,16-21,24H2,1-7H3,(H,36,43)(H,37,38,39). The second-order valence-corrected chi connectivity index (χ2v) is 13.7. The average molecular weight is 600 g/mol. The molecular formula is C35H49N7O2. The Morgan fingerprint density at radius 1 is 0.977 bits per heavy atom. The highest BCUT2D eigenvalue weighted by molar-refractivity contribution is 5.93. The van der Waals surface area contributed by atoms with Crippen molar-refractivity contribution in [3.05, 3.63) is 65.4 Å². The number of anilines is 4. The molecule has 0 atom stereocenters. The van der Waals surface area contributed by atoms with Gasteiger partial charge in [0.05, 0.1) is 12.6 Å². The lowest BCUT2D eigenvalue weighted by Crippen LogP contribution is -2.60. The van der Waals surface area contributed by atoms with E-state index in [4.69, 9.17) is 14.7 Å². The number of amides is 1. The molecular weight excluding hydrogens is 550 g/mol. The largest absolute Gasteiger partial charge is 0.497 e. The summed E-state index contributed by atoms with van der Waals surface area (Å²) in [5.74, 6) is 1.85. The van der Waals surface area contributed by atoms with Gasteiger partial charge >= 0.3 is 0 Å². The first-order chi connectivity index (χ1) is 20.9. The van der Waals surface area contributed by atoms with Gasteiger partial charge in [-0.1, -0.05) is 32.9 Å². The Bertz CT molecular complexity index is 1440. The highest BCUT2D eigenvalue weighted by Crippen LogP contribution is 2.32. The molecule has 2 aliphatic rings. The Kier molecular flexibility index (Phi) is 9.34. The lowest BCUT2D eigenvalue weighted by atomic mass is 9.86. The number of carbonyl (C=O) groups excluding carboxylic acids is 1. The van der Waals surface area contributed by atoms with Crippen molar-refractivity contribution < 1.29 is 9.53 Å². The lowest BCUT2D eigenvalue weighted by molar-refractivity contribution is 0.0944. The van der Waals surface area contributed by atoms with Crippen LogP contribution < -0.4 is 25.2 Å². The molecule has 5 rings (SSSR count). The molecule has 3 aromatic rings. The first kappa shape index (κ1) is 31.6. The van der Waals surface area contributed by atoms with Gasteiger partial charge in [-0.25, -0.2) is 4.98 Å². The van der Waals surface area contributed by atoms with Gasteiger partial charge < -0.3 is 30.1 Å². The van der Waals surface area contributed by atoms with E-state index in [-0.39, 0.29) is 16.9 Å². The summed E-state index contributed by atoms with van der Waals surface area (Å²) in [5, 5.41) is 6.64. The normalized spacial score (nSPS) is 17.1. The van der Waals surface area contributed by atoms with Crippen LogP contribution in [0.2, 0.25) is 0 Å². The fourth-order valence-electron chi connectivity index (χ4n) is 6.11. The molecule has 1 aromatic heterocycles. The fraction of sp³-hybridized carbons (Fsp3) is 0.514. The van der Waals surface area contributed by atoms with E-state index in [9.17, 15) is 4.79 Å². The molecule has 2 aromatic carbocycles. The van der Waals surface area contributed by atoms with Gasteiger partial charge in [-0.3, -0.25) is 4.79 Å². The number of hydrogen-bond acceptors (Lipinski definition) is 8. The van der Waals surface area contributed by atoms with Crippen molar-refractivity contribution in [2.75, 3.05) is 68.0 Å². The molecule has 44 heavy (non-hydrogen) atoms. The van der Waals surface area contributed by atoms with E-state index in [0.29, 0.717) is 30.5 Å². The van der Waals surface area contributed by atoms with Gasteiger partial charge in [0.25, 0.3) is 5.91 Å². The number of nitrogens with one attached hydrogen (secondary N) is 2. The zero-order chi connectivity index (χ0) is 31.5. The first-order valence-corrected chi connectivity index (χ1v) is 15.9. The Labute approximate surface area is 263 Å². The summed E-state index contributed by atoms with van der Waals surface area (Å²) >= 11 is 0. The maximum Gasteiger partial charge on any atom is 0.270 e. The van der Waals surface area contributed by atoms with Crippen molar-refractivity contribution in [1.82, 2.24) is 20.2 Å². The molecule has 0 spiro atoms. The summed E-state index contributed by atoms with van der Waals surface area (Å²) in [6.45, 7) is 19.1. The summed E-state index contributed by atoms with van der Waals surface area (Å²) in [6.07, 6.45) is 2.46. The first-order valence-electron chi connectivity index (χ1n) is 15.9. The van der Waals surface area contributed by atoms with Gasteiger partial charge in [-0.15, -0.1) is 0 Å². The number of hydrogen-bond donors (Lipinski definition) is 2. The van der Waals surface area contributed by atoms with E-state index in [2.05, 4.69) is 97.2 Å². The molecule has 0 aliphatic carbocycles. The molecule has 236 valence electrons. The number of aromatic nitrogens is 2. The van der Waals surface area contributed by atoms with Crippen molar-refractivity contribution in [1.29, 1.82) is 0 Å². The van der Waals surface area contributed by atoms with Crippen molar-refractivity contribution in [3.63, 3.8) is 0 Å². The van der Waals surface area contributed by atoms with Gasteiger partial charge in [-0.2, -0.15) is 4.98 Å². The van der Waals surface area contributed by atoms with Crippen LogP contribution in [0.5, 0.6) is 5.75 Å².